The molecule has 1 aliphatic heterocycles. The fraction of sp³-hybridized carbons (Fsp3) is 0.500. The summed E-state index contributed by atoms with van der Waals surface area (Å²) in [7, 11) is 0. The largest absolute Gasteiger partial charge is 0.394 e. The second-order valence-corrected chi connectivity index (χ2v) is 4.86. The van der Waals surface area contributed by atoms with Gasteiger partial charge in [0.1, 0.15) is 18.5 Å². The number of aromatic nitrogens is 4. The van der Waals surface area contributed by atoms with E-state index >= 15 is 0 Å². The predicted molar refractivity (Wildman–Crippen MR) is 67.9 cm³/mol. The molecule has 22 heavy (non-hydrogen) atoms. The fourth-order valence-corrected chi connectivity index (χ4v) is 2.33. The van der Waals surface area contributed by atoms with Crippen LogP contribution in [-0.2, 0) is 10.6 Å². The molecule has 8 N–H and O–H groups in total. The first kappa shape index (κ1) is 14.8. The molecular formula is C10H13N5O7. The van der Waals surface area contributed by atoms with Gasteiger partial charge in [-0.25, -0.2) is 4.98 Å². The van der Waals surface area contributed by atoms with Crippen LogP contribution in [0.3, 0.4) is 0 Å². The monoisotopic (exact) mass is 315 g/mol. The SMILES string of the molecule is Nc1nc2c(ncn2[C@]2(O)O[C@H](CO)[C@@H](O)C2(O)O)c(=O)[nH]1. The lowest BCUT2D eigenvalue weighted by atomic mass is 10.1. The van der Waals surface area contributed by atoms with Crippen LogP contribution < -0.4 is 11.3 Å². The number of imidazole rings is 1. The molecule has 0 aliphatic carbocycles. The van der Waals surface area contributed by atoms with Crippen molar-refractivity contribution in [3.8, 4) is 0 Å². The van der Waals surface area contributed by atoms with Gasteiger partial charge in [0.05, 0.1) is 6.61 Å². The molecule has 12 nitrogen and oxygen atoms in total. The van der Waals surface area contributed by atoms with E-state index in [9.17, 15) is 25.2 Å². The second-order valence-electron chi connectivity index (χ2n) is 4.86. The van der Waals surface area contributed by atoms with Gasteiger partial charge in [0.15, 0.2) is 11.2 Å². The third-order valence-corrected chi connectivity index (χ3v) is 3.49. The lowest BCUT2D eigenvalue weighted by Crippen LogP contribution is -2.57. The minimum absolute atomic E-state index is 0.246. The van der Waals surface area contributed by atoms with E-state index in [0.29, 0.717) is 4.57 Å². The molecule has 0 bridgehead atoms. The first-order valence-corrected chi connectivity index (χ1v) is 6.09. The molecule has 120 valence electrons. The van der Waals surface area contributed by atoms with Crippen LogP contribution in [0.1, 0.15) is 0 Å². The van der Waals surface area contributed by atoms with E-state index in [4.69, 9.17) is 15.6 Å². The maximum atomic E-state index is 11.7. The van der Waals surface area contributed by atoms with Gasteiger partial charge >= 0.3 is 5.91 Å². The minimum atomic E-state index is -3.20. The number of nitrogens with one attached hydrogen (secondary N) is 1. The topological polar surface area (TPSA) is 200 Å². The predicted octanol–water partition coefficient (Wildman–Crippen LogP) is -4.26. The van der Waals surface area contributed by atoms with Crippen molar-refractivity contribution in [2.75, 3.05) is 12.3 Å². The van der Waals surface area contributed by atoms with E-state index in [1.54, 1.807) is 0 Å². The van der Waals surface area contributed by atoms with Crippen LogP contribution >= 0.6 is 0 Å². The van der Waals surface area contributed by atoms with Gasteiger partial charge < -0.3 is 36.0 Å². The Bertz CT molecular complexity index is 786. The molecule has 2 aromatic rings. The van der Waals surface area contributed by atoms with Crippen LogP contribution in [0.2, 0.25) is 0 Å². The van der Waals surface area contributed by atoms with Crippen molar-refractivity contribution in [3.63, 3.8) is 0 Å². The van der Waals surface area contributed by atoms with Crippen molar-refractivity contribution in [1.29, 1.82) is 0 Å². The summed E-state index contributed by atoms with van der Waals surface area (Å²) in [6, 6.07) is 0. The van der Waals surface area contributed by atoms with Crippen molar-refractivity contribution in [1.82, 2.24) is 19.5 Å². The average molecular weight is 315 g/mol. The maximum Gasteiger partial charge on any atom is 0.315 e. The number of nitrogens with zero attached hydrogens (tertiary/aromatic N) is 3. The molecule has 2 aromatic heterocycles. The summed E-state index contributed by atoms with van der Waals surface area (Å²) in [4.78, 5) is 21.3. The number of aromatic amines is 1. The van der Waals surface area contributed by atoms with E-state index < -0.39 is 36.1 Å². The van der Waals surface area contributed by atoms with Gasteiger partial charge in [-0.3, -0.25) is 14.3 Å². The number of aliphatic hydroxyl groups is 5. The second kappa shape index (κ2) is 4.45. The highest BCUT2D eigenvalue weighted by atomic mass is 16.7. The van der Waals surface area contributed by atoms with Crippen LogP contribution in [-0.4, -0.2) is 69.7 Å². The normalized spacial score (nSPS) is 31.0. The zero-order chi connectivity index (χ0) is 16.3. The van der Waals surface area contributed by atoms with Gasteiger partial charge in [-0.05, 0) is 0 Å². The molecule has 1 aliphatic rings. The molecule has 0 amide bonds. The number of aliphatic hydroxyl groups excluding tert-OH is 2. The number of hydrogen-bond acceptors (Lipinski definition) is 10. The van der Waals surface area contributed by atoms with Crippen LogP contribution in [0.5, 0.6) is 0 Å². The molecule has 0 spiro atoms. The molecular weight excluding hydrogens is 302 g/mol. The third-order valence-electron chi connectivity index (χ3n) is 3.49. The molecule has 0 unspecified atom stereocenters. The lowest BCUT2D eigenvalue weighted by molar-refractivity contribution is -0.387. The standard InChI is InChI=1S/C10H13N5O7/c11-8-13-6-4(7(18)14-8)12-2-15(6)10(21)9(19,20)5(17)3(1-16)22-10/h2-3,5,16-17,19-21H,1H2,(H3,11,13,14,18)/t3-,5-,10-/m1/s1. The first-order chi connectivity index (χ1) is 10.2. The number of nitrogens with two attached hydrogens (primary N) is 1. The van der Waals surface area contributed by atoms with E-state index in [-0.39, 0.29) is 17.1 Å². The molecule has 12 heteroatoms. The summed E-state index contributed by atoms with van der Waals surface area (Å²) in [6.45, 7) is -0.797. The summed E-state index contributed by atoms with van der Waals surface area (Å²) < 4.78 is 5.58. The van der Waals surface area contributed by atoms with Gasteiger partial charge in [0.25, 0.3) is 11.3 Å². The van der Waals surface area contributed by atoms with E-state index in [2.05, 4.69) is 15.0 Å². The summed E-state index contributed by atoms with van der Waals surface area (Å²) >= 11 is 0. The third kappa shape index (κ3) is 1.70. The molecule has 1 saturated heterocycles. The molecule has 0 radical (unpaired) electrons. The van der Waals surface area contributed by atoms with Crippen molar-refractivity contribution in [2.24, 2.45) is 0 Å². The Balaban J connectivity index is 2.24. The highest BCUT2D eigenvalue weighted by Crippen LogP contribution is 2.41. The van der Waals surface area contributed by atoms with Crippen LogP contribution in [0, 0.1) is 0 Å². The van der Waals surface area contributed by atoms with E-state index in [1.165, 1.54) is 0 Å². The summed E-state index contributed by atoms with van der Waals surface area (Å²) in [5, 5.41) is 49.2. The van der Waals surface area contributed by atoms with Crippen molar-refractivity contribution in [2.45, 2.75) is 23.9 Å². The van der Waals surface area contributed by atoms with Gasteiger partial charge in [0, 0.05) is 0 Å². The fourth-order valence-electron chi connectivity index (χ4n) is 2.33. The van der Waals surface area contributed by atoms with Crippen LogP contribution in [0.15, 0.2) is 11.1 Å². The highest BCUT2D eigenvalue weighted by molar-refractivity contribution is 5.70. The Hall–Kier alpha value is -2.09. The smallest absolute Gasteiger partial charge is 0.315 e. The number of anilines is 1. The first-order valence-electron chi connectivity index (χ1n) is 6.09. The van der Waals surface area contributed by atoms with Gasteiger partial charge in [-0.2, -0.15) is 4.98 Å². The van der Waals surface area contributed by atoms with Crippen molar-refractivity contribution in [3.05, 3.63) is 16.7 Å². The lowest BCUT2D eigenvalue weighted by Gasteiger charge is -2.33. The van der Waals surface area contributed by atoms with E-state index in [0.717, 1.165) is 6.33 Å². The number of ether oxygens (including phenoxy) is 1. The zero-order valence-electron chi connectivity index (χ0n) is 10.9. The van der Waals surface area contributed by atoms with Crippen LogP contribution in [0.4, 0.5) is 5.95 Å². The summed E-state index contributed by atoms with van der Waals surface area (Å²) in [5.41, 5.74) is 4.13. The molecule has 3 heterocycles. The molecule has 3 atom stereocenters. The highest BCUT2D eigenvalue weighted by Gasteiger charge is 2.66. The average Bonchev–Trinajstić information content (AvgIpc) is 2.93. The van der Waals surface area contributed by atoms with Crippen LogP contribution in [0.25, 0.3) is 11.2 Å². The molecule has 0 saturated carbocycles. The Morgan fingerprint density at radius 3 is 2.73 bits per heavy atom. The number of rotatable bonds is 2. The Kier molecular flexibility index (Phi) is 3.00. The Morgan fingerprint density at radius 2 is 2.14 bits per heavy atom. The van der Waals surface area contributed by atoms with Gasteiger partial charge in [-0.1, -0.05) is 0 Å². The van der Waals surface area contributed by atoms with Crippen molar-refractivity contribution >= 4 is 17.1 Å². The summed E-state index contributed by atoms with van der Waals surface area (Å²) in [5.74, 6) is -6.45. The molecule has 3 rings (SSSR count). The Morgan fingerprint density at radius 1 is 1.45 bits per heavy atom. The molecule has 1 fully saturated rings. The number of hydrogen-bond donors (Lipinski definition) is 7. The minimum Gasteiger partial charge on any atom is -0.394 e. The Labute approximate surface area is 121 Å². The van der Waals surface area contributed by atoms with E-state index in [1.807, 2.05) is 0 Å². The summed E-state index contributed by atoms with van der Waals surface area (Å²) in [6.07, 6.45) is -2.66. The number of fused-ring (bicyclic) bond motifs is 1. The van der Waals surface area contributed by atoms with Gasteiger partial charge in [0.2, 0.25) is 5.95 Å². The van der Waals surface area contributed by atoms with Crippen molar-refractivity contribution < 1.29 is 30.3 Å². The maximum absolute atomic E-state index is 11.7. The number of nitrogen functional groups attached to an aromatic ring is 1. The zero-order valence-corrected chi connectivity index (χ0v) is 10.9. The molecule has 0 aromatic carbocycles. The quantitative estimate of drug-likeness (QED) is 0.266. The number of H-pyrrole nitrogens is 1. The van der Waals surface area contributed by atoms with Gasteiger partial charge in [-0.15, -0.1) is 0 Å².